The molecule has 1 aromatic heterocycles. The van der Waals surface area contributed by atoms with Crippen molar-refractivity contribution in [1.82, 2.24) is 14.7 Å². The largest absolute Gasteiger partial charge is 0.361 e. The zero-order chi connectivity index (χ0) is 21.5. The second kappa shape index (κ2) is 7.68. The van der Waals surface area contributed by atoms with E-state index in [-0.39, 0.29) is 18.1 Å². The molecule has 1 atom stereocenters. The number of hydrogen-bond acceptors (Lipinski definition) is 3. The van der Waals surface area contributed by atoms with Gasteiger partial charge in [0, 0.05) is 29.1 Å². The Hall–Kier alpha value is -3.86. The second-order valence-corrected chi connectivity index (χ2v) is 8.52. The lowest BCUT2D eigenvalue weighted by atomic mass is 10.0. The molecule has 1 amide bonds. The molecule has 5 nitrogen and oxygen atoms in total. The van der Waals surface area contributed by atoms with Gasteiger partial charge in [-0.15, -0.1) is 0 Å². The quantitative estimate of drug-likeness (QED) is 0.475. The highest BCUT2D eigenvalue weighted by molar-refractivity contribution is 6.02. The van der Waals surface area contributed by atoms with E-state index in [1.807, 2.05) is 70.2 Å². The number of carbonyl (C=O) groups excluding carboxylic acids is 1. The molecule has 6 rings (SSSR count). The molecule has 0 saturated heterocycles. The lowest BCUT2D eigenvalue weighted by Gasteiger charge is -2.38. The third-order valence-corrected chi connectivity index (χ3v) is 6.22. The molecule has 4 aromatic rings. The van der Waals surface area contributed by atoms with Crippen LogP contribution in [0.4, 0.5) is 5.69 Å². The Morgan fingerprint density at radius 3 is 2.31 bits per heavy atom. The van der Waals surface area contributed by atoms with Gasteiger partial charge in [0.05, 0.1) is 17.8 Å². The van der Waals surface area contributed by atoms with Crippen molar-refractivity contribution in [2.24, 2.45) is 0 Å². The first-order valence-corrected chi connectivity index (χ1v) is 11.1. The van der Waals surface area contributed by atoms with Gasteiger partial charge in [-0.25, -0.2) is 0 Å². The first kappa shape index (κ1) is 18.9. The molecule has 1 fully saturated rings. The molecule has 1 saturated carbocycles. The molecule has 158 valence electrons. The van der Waals surface area contributed by atoms with Gasteiger partial charge in [-0.3, -0.25) is 9.48 Å². The molecule has 0 unspecified atom stereocenters. The van der Waals surface area contributed by atoms with Crippen LogP contribution < -0.4 is 5.32 Å². The zero-order valence-corrected chi connectivity index (χ0v) is 17.7. The number of nitrogens with one attached hydrogen (secondary N) is 1. The van der Waals surface area contributed by atoms with Crippen LogP contribution in [0.1, 0.15) is 40.5 Å². The van der Waals surface area contributed by atoms with Crippen molar-refractivity contribution in [3.63, 3.8) is 0 Å². The van der Waals surface area contributed by atoms with Crippen molar-refractivity contribution in [3.8, 4) is 11.3 Å². The van der Waals surface area contributed by atoms with Crippen molar-refractivity contribution >= 4 is 11.6 Å². The Labute approximate surface area is 187 Å². The minimum absolute atomic E-state index is 0.0988. The summed E-state index contributed by atoms with van der Waals surface area (Å²) >= 11 is 0. The third-order valence-electron chi connectivity index (χ3n) is 6.22. The Bertz CT molecular complexity index is 1260. The van der Waals surface area contributed by atoms with E-state index in [4.69, 9.17) is 5.10 Å². The molecule has 1 N–H and O–H groups in total. The summed E-state index contributed by atoms with van der Waals surface area (Å²) in [7, 11) is 0. The summed E-state index contributed by atoms with van der Waals surface area (Å²) in [4.78, 5) is 15.5. The van der Waals surface area contributed by atoms with E-state index >= 15 is 0 Å². The maximum atomic E-state index is 13.5. The maximum absolute atomic E-state index is 13.5. The molecule has 32 heavy (non-hydrogen) atoms. The first-order chi connectivity index (χ1) is 15.8. The number of carbonyl (C=O) groups is 1. The number of hydrogen-bond donors (Lipinski definition) is 1. The summed E-state index contributed by atoms with van der Waals surface area (Å²) in [6.45, 7) is 0.682. The predicted octanol–water partition coefficient (Wildman–Crippen LogP) is 5.33. The van der Waals surface area contributed by atoms with Crippen LogP contribution in [0.15, 0.2) is 91.1 Å². The van der Waals surface area contributed by atoms with Crippen LogP contribution in [0.5, 0.6) is 0 Å². The number of rotatable bonds is 5. The topological polar surface area (TPSA) is 50.2 Å². The van der Waals surface area contributed by atoms with Crippen LogP contribution in [-0.2, 0) is 6.54 Å². The fourth-order valence-electron chi connectivity index (χ4n) is 4.53. The number of fused-ring (bicyclic) bond motifs is 1. The number of benzene rings is 3. The summed E-state index contributed by atoms with van der Waals surface area (Å²) in [5.41, 5.74) is 5.82. The Morgan fingerprint density at radius 2 is 1.56 bits per heavy atom. The van der Waals surface area contributed by atoms with Gasteiger partial charge in [-0.05, 0) is 30.5 Å². The fraction of sp³-hybridized carbons (Fsp3) is 0.185. The highest BCUT2D eigenvalue weighted by Crippen LogP contribution is 2.42. The lowest BCUT2D eigenvalue weighted by molar-refractivity contribution is 0.0667. The summed E-state index contributed by atoms with van der Waals surface area (Å²) in [5.74, 6) is 0.0988. The number of anilines is 1. The standard InChI is InChI=1S/C27H24N4O/c32-27-22-13-7-8-14-24(22)28-26(31(27)21-15-16-21)23-18-30(17-19-9-3-1-4-10-19)29-25(23)20-11-5-2-6-12-20/h1-14,18,21,26,28H,15-17H2/t26-/m0/s1. The molecule has 3 aromatic carbocycles. The highest BCUT2D eigenvalue weighted by Gasteiger charge is 2.43. The average molecular weight is 421 g/mol. The third kappa shape index (κ3) is 3.36. The molecule has 1 aliphatic carbocycles. The van der Waals surface area contributed by atoms with Gasteiger partial charge >= 0.3 is 0 Å². The lowest BCUT2D eigenvalue weighted by Crippen LogP contribution is -2.44. The van der Waals surface area contributed by atoms with Crippen molar-refractivity contribution in [1.29, 1.82) is 0 Å². The number of amides is 1. The van der Waals surface area contributed by atoms with Crippen LogP contribution in [0, 0.1) is 0 Å². The SMILES string of the molecule is O=C1c2ccccc2N[C@H](c2cn(Cc3ccccc3)nc2-c2ccccc2)N1C1CC1. The van der Waals surface area contributed by atoms with Crippen molar-refractivity contribution in [3.05, 3.63) is 108 Å². The molecule has 2 heterocycles. The summed E-state index contributed by atoms with van der Waals surface area (Å²) in [5, 5.41) is 8.64. The fourth-order valence-corrected chi connectivity index (χ4v) is 4.53. The van der Waals surface area contributed by atoms with Gasteiger partial charge in [-0.2, -0.15) is 5.10 Å². The van der Waals surface area contributed by atoms with Crippen LogP contribution >= 0.6 is 0 Å². The van der Waals surface area contributed by atoms with Crippen LogP contribution in [0.3, 0.4) is 0 Å². The van der Waals surface area contributed by atoms with E-state index in [1.54, 1.807) is 0 Å². The van der Waals surface area contributed by atoms with E-state index in [0.29, 0.717) is 6.54 Å². The van der Waals surface area contributed by atoms with Gasteiger partial charge in [-0.1, -0.05) is 72.8 Å². The van der Waals surface area contributed by atoms with Gasteiger partial charge < -0.3 is 10.2 Å². The molecule has 2 aliphatic rings. The molecule has 5 heteroatoms. The Kier molecular flexibility index (Phi) is 4.53. The molecule has 0 bridgehead atoms. The summed E-state index contributed by atoms with van der Waals surface area (Å²) in [6.07, 6.45) is 3.95. The Morgan fingerprint density at radius 1 is 0.875 bits per heavy atom. The highest BCUT2D eigenvalue weighted by atomic mass is 16.2. The summed E-state index contributed by atoms with van der Waals surface area (Å²) in [6, 6.07) is 28.6. The minimum Gasteiger partial charge on any atom is -0.361 e. The zero-order valence-electron chi connectivity index (χ0n) is 17.7. The molecular formula is C27H24N4O. The maximum Gasteiger partial charge on any atom is 0.258 e. The smallest absolute Gasteiger partial charge is 0.258 e. The summed E-state index contributed by atoms with van der Waals surface area (Å²) < 4.78 is 1.99. The van der Waals surface area contributed by atoms with E-state index in [2.05, 4.69) is 35.8 Å². The Balaban J connectivity index is 1.47. The van der Waals surface area contributed by atoms with Gasteiger partial charge in [0.25, 0.3) is 5.91 Å². The van der Waals surface area contributed by atoms with E-state index in [0.717, 1.165) is 40.9 Å². The van der Waals surface area contributed by atoms with Crippen molar-refractivity contribution in [2.45, 2.75) is 31.6 Å². The second-order valence-electron chi connectivity index (χ2n) is 8.52. The number of nitrogens with zero attached hydrogens (tertiary/aromatic N) is 3. The molecule has 0 radical (unpaired) electrons. The molecular weight excluding hydrogens is 396 g/mol. The number of para-hydroxylation sites is 1. The van der Waals surface area contributed by atoms with E-state index in [1.165, 1.54) is 5.56 Å². The predicted molar refractivity (Wildman–Crippen MR) is 125 cm³/mol. The van der Waals surface area contributed by atoms with Gasteiger partial charge in [0.15, 0.2) is 0 Å². The van der Waals surface area contributed by atoms with Crippen molar-refractivity contribution < 1.29 is 4.79 Å². The monoisotopic (exact) mass is 420 g/mol. The molecule has 1 aliphatic heterocycles. The van der Waals surface area contributed by atoms with Crippen LogP contribution in [0.25, 0.3) is 11.3 Å². The first-order valence-electron chi connectivity index (χ1n) is 11.1. The van der Waals surface area contributed by atoms with Crippen LogP contribution in [0.2, 0.25) is 0 Å². The van der Waals surface area contributed by atoms with Gasteiger partial charge in [0.1, 0.15) is 6.17 Å². The van der Waals surface area contributed by atoms with Crippen LogP contribution in [-0.4, -0.2) is 26.6 Å². The number of aromatic nitrogens is 2. The van der Waals surface area contributed by atoms with E-state index in [9.17, 15) is 4.79 Å². The normalized spacial score (nSPS) is 17.7. The van der Waals surface area contributed by atoms with E-state index < -0.39 is 0 Å². The average Bonchev–Trinajstić information content (AvgIpc) is 3.59. The minimum atomic E-state index is -0.246. The van der Waals surface area contributed by atoms with Crippen molar-refractivity contribution in [2.75, 3.05) is 5.32 Å². The van der Waals surface area contributed by atoms with Gasteiger partial charge in [0.2, 0.25) is 0 Å². The molecule has 0 spiro atoms.